The standard InChI is InChI=1S/2C20H43O4P.K.Na/c2*1-3-5-6-7-8-9-10-11-12-13-14-15-16-17-18-19-20-24-25(21,22)23-4-2;;/h2*3-20H2,1-2H3,(H,21,22);;/q;;2*+1/p-2. The van der Waals surface area contributed by atoms with Crippen LogP contribution in [0, 0.1) is 0 Å². The summed E-state index contributed by atoms with van der Waals surface area (Å²) in [6.07, 6.45) is 41.8. The SMILES string of the molecule is CCCCCCCCCCCCCCCCCCOP(=O)([O-])OCC.CCCCCCCCCCCCCCCCCCOP(=O)([O-])OCC.[K+].[Na+]. The van der Waals surface area contributed by atoms with Crippen molar-refractivity contribution in [3.8, 4) is 0 Å². The quantitative estimate of drug-likeness (QED) is 0.0354. The monoisotopic (exact) mass is 817 g/mol. The maximum atomic E-state index is 11.2. The average Bonchev–Trinajstić information content (AvgIpc) is 3.07. The van der Waals surface area contributed by atoms with E-state index < -0.39 is 15.6 Å². The van der Waals surface area contributed by atoms with Crippen LogP contribution in [0.1, 0.15) is 233 Å². The summed E-state index contributed by atoms with van der Waals surface area (Å²) < 4.78 is 41.0. The molecule has 0 rings (SSSR count). The maximum Gasteiger partial charge on any atom is 1.00 e. The van der Waals surface area contributed by atoms with E-state index in [1.807, 2.05) is 0 Å². The normalized spacial score (nSPS) is 13.3. The van der Waals surface area contributed by atoms with E-state index in [4.69, 9.17) is 9.05 Å². The smallest absolute Gasteiger partial charge is 0.756 e. The first-order chi connectivity index (χ1) is 24.2. The maximum absolute atomic E-state index is 11.2. The van der Waals surface area contributed by atoms with Gasteiger partial charge in [0, 0.05) is 0 Å². The number of phosphoric acid groups is 2. The van der Waals surface area contributed by atoms with E-state index in [1.165, 1.54) is 180 Å². The van der Waals surface area contributed by atoms with E-state index >= 15 is 0 Å². The van der Waals surface area contributed by atoms with Gasteiger partial charge in [-0.05, 0) is 26.7 Å². The Morgan fingerprint density at radius 1 is 0.327 bits per heavy atom. The molecule has 304 valence electrons. The van der Waals surface area contributed by atoms with Crippen LogP contribution in [-0.4, -0.2) is 26.4 Å². The Labute approximate surface area is 388 Å². The number of rotatable bonds is 40. The summed E-state index contributed by atoms with van der Waals surface area (Å²) in [4.78, 5) is 22.3. The van der Waals surface area contributed by atoms with Gasteiger partial charge in [-0.25, -0.2) is 0 Å². The minimum absolute atomic E-state index is 0. The predicted octanol–water partition coefficient (Wildman–Crippen LogP) is 7.55. The zero-order valence-electron chi connectivity index (χ0n) is 35.6. The van der Waals surface area contributed by atoms with Crippen molar-refractivity contribution in [1.29, 1.82) is 0 Å². The molecule has 8 nitrogen and oxygen atoms in total. The summed E-state index contributed by atoms with van der Waals surface area (Å²) >= 11 is 0. The third-order valence-corrected chi connectivity index (χ3v) is 11.2. The Balaban J connectivity index is -0.000000427. The summed E-state index contributed by atoms with van der Waals surface area (Å²) in [6, 6.07) is 0. The third kappa shape index (κ3) is 55.0. The Morgan fingerprint density at radius 3 is 0.673 bits per heavy atom. The molecule has 0 aromatic heterocycles. The molecule has 0 aliphatic rings. The van der Waals surface area contributed by atoms with E-state index in [0.717, 1.165) is 25.7 Å². The summed E-state index contributed by atoms with van der Waals surface area (Å²) in [5, 5.41) is 0. The van der Waals surface area contributed by atoms with Crippen LogP contribution >= 0.6 is 15.6 Å². The molecule has 0 N–H and O–H groups in total. The van der Waals surface area contributed by atoms with Crippen molar-refractivity contribution in [2.75, 3.05) is 26.4 Å². The van der Waals surface area contributed by atoms with Crippen molar-refractivity contribution in [3.05, 3.63) is 0 Å². The van der Waals surface area contributed by atoms with Crippen LogP contribution in [0.2, 0.25) is 0 Å². The van der Waals surface area contributed by atoms with Crippen LogP contribution in [0.25, 0.3) is 0 Å². The van der Waals surface area contributed by atoms with E-state index in [1.54, 1.807) is 13.8 Å². The van der Waals surface area contributed by atoms with E-state index in [2.05, 4.69) is 22.9 Å². The van der Waals surface area contributed by atoms with Gasteiger partial charge in [0.1, 0.15) is 0 Å². The summed E-state index contributed by atoms with van der Waals surface area (Å²) in [5.41, 5.74) is 0. The summed E-state index contributed by atoms with van der Waals surface area (Å²) in [6.45, 7) is 8.60. The molecular formula is C40H84KNaO8P2. The van der Waals surface area contributed by atoms with Crippen LogP contribution in [0.4, 0.5) is 0 Å². The molecular weight excluding hydrogens is 732 g/mol. The van der Waals surface area contributed by atoms with Crippen molar-refractivity contribution in [2.45, 2.75) is 233 Å². The van der Waals surface area contributed by atoms with Crippen LogP contribution in [0.5, 0.6) is 0 Å². The van der Waals surface area contributed by atoms with Gasteiger partial charge in [0.25, 0.3) is 15.6 Å². The molecule has 52 heavy (non-hydrogen) atoms. The van der Waals surface area contributed by atoms with Gasteiger partial charge in [-0.3, -0.25) is 9.13 Å². The Kier molecular flexibility index (Phi) is 59.2. The van der Waals surface area contributed by atoms with Crippen molar-refractivity contribution in [2.24, 2.45) is 0 Å². The first-order valence-electron chi connectivity index (χ1n) is 21.4. The van der Waals surface area contributed by atoms with Crippen LogP contribution in [0.3, 0.4) is 0 Å². The predicted molar refractivity (Wildman–Crippen MR) is 209 cm³/mol. The fraction of sp³-hybridized carbons (Fsp3) is 1.00. The summed E-state index contributed by atoms with van der Waals surface area (Å²) in [5.74, 6) is 0. The second-order valence-electron chi connectivity index (χ2n) is 14.0. The molecule has 0 heterocycles. The molecule has 0 radical (unpaired) electrons. The van der Waals surface area contributed by atoms with E-state index in [0.29, 0.717) is 0 Å². The molecule has 0 aromatic carbocycles. The minimum Gasteiger partial charge on any atom is -0.756 e. The molecule has 2 atom stereocenters. The van der Waals surface area contributed by atoms with Crippen molar-refractivity contribution in [1.82, 2.24) is 0 Å². The molecule has 0 saturated heterocycles. The van der Waals surface area contributed by atoms with Crippen LogP contribution in [-0.2, 0) is 27.2 Å². The minimum atomic E-state index is -4.03. The number of unbranched alkanes of at least 4 members (excludes halogenated alkanes) is 30. The number of phosphoric ester groups is 2. The third-order valence-electron chi connectivity index (χ3n) is 9.07. The van der Waals surface area contributed by atoms with Gasteiger partial charge in [-0.15, -0.1) is 0 Å². The molecule has 0 aliphatic heterocycles. The van der Waals surface area contributed by atoms with Gasteiger partial charge < -0.3 is 27.9 Å². The second-order valence-corrected chi connectivity index (χ2v) is 16.8. The van der Waals surface area contributed by atoms with Gasteiger partial charge in [0.2, 0.25) is 0 Å². The van der Waals surface area contributed by atoms with Gasteiger partial charge in [-0.2, -0.15) is 0 Å². The Morgan fingerprint density at radius 2 is 0.500 bits per heavy atom. The van der Waals surface area contributed by atoms with Gasteiger partial charge in [0.15, 0.2) is 0 Å². The zero-order chi connectivity index (χ0) is 37.3. The molecule has 0 aromatic rings. The van der Waals surface area contributed by atoms with Crippen LogP contribution < -0.4 is 90.7 Å². The molecule has 0 fully saturated rings. The molecule has 0 bridgehead atoms. The molecule has 0 saturated carbocycles. The number of hydrogen-bond donors (Lipinski definition) is 0. The Hall–Kier alpha value is 2.86. The Bertz CT molecular complexity index is 694. The largest absolute Gasteiger partial charge is 1.00 e. The topological polar surface area (TPSA) is 117 Å². The van der Waals surface area contributed by atoms with Crippen molar-refractivity contribution >= 4 is 15.6 Å². The average molecular weight is 817 g/mol. The second kappa shape index (κ2) is 50.0. The fourth-order valence-corrected chi connectivity index (χ4v) is 7.53. The van der Waals surface area contributed by atoms with E-state index in [9.17, 15) is 18.9 Å². The van der Waals surface area contributed by atoms with Gasteiger partial charge in [0.05, 0.1) is 26.4 Å². The summed E-state index contributed by atoms with van der Waals surface area (Å²) in [7, 11) is -8.06. The molecule has 12 heteroatoms. The first kappa shape index (κ1) is 61.5. The van der Waals surface area contributed by atoms with Crippen molar-refractivity contribution in [3.63, 3.8) is 0 Å². The molecule has 2 unspecified atom stereocenters. The van der Waals surface area contributed by atoms with Crippen LogP contribution in [0.15, 0.2) is 0 Å². The zero-order valence-corrected chi connectivity index (χ0v) is 42.5. The molecule has 0 aliphatic carbocycles. The van der Waals surface area contributed by atoms with Crippen molar-refractivity contribution < 1.29 is 118 Å². The molecule has 0 amide bonds. The van der Waals surface area contributed by atoms with E-state index in [-0.39, 0.29) is 107 Å². The van der Waals surface area contributed by atoms with Gasteiger partial charge in [-0.1, -0.05) is 206 Å². The first-order valence-corrected chi connectivity index (χ1v) is 24.4. The van der Waals surface area contributed by atoms with Gasteiger partial charge >= 0.3 is 80.9 Å². The number of hydrogen-bond acceptors (Lipinski definition) is 8. The fourth-order valence-electron chi connectivity index (χ4n) is 6.04. The molecule has 0 spiro atoms.